The summed E-state index contributed by atoms with van der Waals surface area (Å²) >= 11 is 1.27. The van der Waals surface area contributed by atoms with Gasteiger partial charge in [-0.2, -0.15) is 10.4 Å². The van der Waals surface area contributed by atoms with Crippen molar-refractivity contribution >= 4 is 31.6 Å². The average Bonchev–Trinajstić information content (AvgIpc) is 3.55. The Kier molecular flexibility index (Phi) is 18.7. The van der Waals surface area contributed by atoms with E-state index in [1.807, 2.05) is 6.07 Å². The second kappa shape index (κ2) is 21.0. The fourth-order valence-corrected chi connectivity index (χ4v) is 6.49. The molecule has 0 N–H and O–H groups in total. The van der Waals surface area contributed by atoms with Crippen molar-refractivity contribution < 1.29 is 110 Å². The van der Waals surface area contributed by atoms with Gasteiger partial charge >= 0.3 is 65.1 Å². The predicted octanol–water partition coefficient (Wildman–Crippen LogP) is -2.23. The summed E-state index contributed by atoms with van der Waals surface area (Å²) in [4.78, 5) is 38.6. The second-order valence-corrected chi connectivity index (χ2v) is 13.3. The number of rotatable bonds is 15. The summed E-state index contributed by atoms with van der Waals surface area (Å²) in [6.45, 7) is 1.26. The molecule has 1 saturated heterocycles. The molecule has 0 spiro atoms. The SMILES string of the molecule is C[C@@H](SC1COC(C=CC=Cc2ccc(C#N)cc2F)OC1)[C@@](Cn1cncn1)(OC(=O)CCCOP(=O)([O-])[O-])c1ccc(F)cc1F.[Na+].[Na+]. The molecule has 12 nitrogen and oxygen atoms in total. The van der Waals surface area contributed by atoms with E-state index < -0.39 is 55.0 Å². The predicted molar refractivity (Wildman–Crippen MR) is 163 cm³/mol. The third kappa shape index (κ3) is 13.3. The van der Waals surface area contributed by atoms with Crippen LogP contribution in [0.3, 0.4) is 0 Å². The number of benzene rings is 2. The largest absolute Gasteiger partial charge is 1.00 e. The van der Waals surface area contributed by atoms with Crippen LogP contribution in [0.5, 0.6) is 0 Å². The zero-order chi connectivity index (χ0) is 34.7. The molecule has 2 aromatic carbocycles. The van der Waals surface area contributed by atoms with Crippen LogP contribution in [0.2, 0.25) is 0 Å². The van der Waals surface area contributed by atoms with Gasteiger partial charge in [0.25, 0.3) is 0 Å². The second-order valence-electron chi connectivity index (χ2n) is 10.5. The monoisotopic (exact) mass is 752 g/mol. The number of hydrogen-bond acceptors (Lipinski definition) is 12. The van der Waals surface area contributed by atoms with Crippen LogP contribution in [0.4, 0.5) is 13.2 Å². The van der Waals surface area contributed by atoms with Gasteiger partial charge in [-0.25, -0.2) is 22.8 Å². The molecule has 0 aliphatic carbocycles. The molecule has 1 aromatic heterocycles. The standard InChI is InChI=1S/C31H32F3N4O8PS.2Na/c1-21(48-25-16-43-30(44-17-25)7-3-2-5-23-9-8-22(15-35)13-27(23)33)31(18-38-20-36-19-37-38,26-11-10-24(32)14-28(26)34)46-29(39)6-4-12-45-47(40,41)42;;/h2-3,5,7-11,13-14,19-21,25,30H,4,6,12,16-18H2,1H3,(H2,40,41,42);;/q;2*+1/p-2/t21-,25?,30?,31-;;/m1../s1. The number of carbonyl (C=O) groups excluding carboxylic acids is 1. The first-order valence-electron chi connectivity index (χ1n) is 14.5. The van der Waals surface area contributed by atoms with Gasteiger partial charge in [0.2, 0.25) is 0 Å². The number of phosphoric acid groups is 1. The Balaban J connectivity index is 0.00000433. The molecule has 19 heteroatoms. The summed E-state index contributed by atoms with van der Waals surface area (Å²) in [5, 5.41) is 11.9. The van der Waals surface area contributed by atoms with E-state index in [1.54, 1.807) is 25.2 Å². The maximum absolute atomic E-state index is 15.5. The molecule has 1 aliphatic rings. The number of aromatic nitrogens is 3. The smallest absolute Gasteiger partial charge is 0.790 e. The van der Waals surface area contributed by atoms with Gasteiger partial charge in [-0.1, -0.05) is 24.3 Å². The quantitative estimate of drug-likeness (QED) is 0.0539. The van der Waals surface area contributed by atoms with Gasteiger partial charge in [-0.15, -0.1) is 11.8 Å². The van der Waals surface area contributed by atoms with E-state index in [2.05, 4.69) is 14.6 Å². The molecule has 0 unspecified atom stereocenters. The van der Waals surface area contributed by atoms with Crippen LogP contribution in [0.15, 0.2) is 67.3 Å². The number of hydrogen-bond donors (Lipinski definition) is 0. The van der Waals surface area contributed by atoms with Crippen molar-refractivity contribution in [3.05, 3.63) is 101 Å². The van der Waals surface area contributed by atoms with Crippen LogP contribution < -0.4 is 68.9 Å². The third-order valence-corrected chi connectivity index (χ3v) is 9.00. The van der Waals surface area contributed by atoms with Crippen molar-refractivity contribution in [2.24, 2.45) is 0 Å². The number of esters is 1. The van der Waals surface area contributed by atoms with Crippen LogP contribution in [0, 0.1) is 28.8 Å². The van der Waals surface area contributed by atoms with Gasteiger partial charge in [-0.05, 0) is 43.7 Å². The number of allylic oxidation sites excluding steroid dienone is 2. The first-order chi connectivity index (χ1) is 22.9. The Morgan fingerprint density at radius 1 is 1.18 bits per heavy atom. The van der Waals surface area contributed by atoms with Crippen LogP contribution >= 0.6 is 19.6 Å². The van der Waals surface area contributed by atoms with Crippen molar-refractivity contribution in [2.45, 2.75) is 48.7 Å². The molecule has 256 valence electrons. The van der Waals surface area contributed by atoms with Crippen LogP contribution in [0.1, 0.15) is 36.5 Å². The first-order valence-corrected chi connectivity index (χ1v) is 16.9. The number of nitrogens with zero attached hydrogens (tertiary/aromatic N) is 4. The van der Waals surface area contributed by atoms with E-state index in [9.17, 15) is 27.9 Å². The fraction of sp³-hybridized carbons (Fsp3) is 0.355. The number of nitriles is 1. The van der Waals surface area contributed by atoms with Crippen molar-refractivity contribution in [1.82, 2.24) is 14.8 Å². The Hall–Kier alpha value is -1.81. The van der Waals surface area contributed by atoms with Gasteiger partial charge in [-0.3, -0.25) is 4.79 Å². The number of ether oxygens (including phenoxy) is 3. The maximum atomic E-state index is 15.5. The minimum atomic E-state index is -5.24. The molecule has 4 rings (SSSR count). The van der Waals surface area contributed by atoms with E-state index in [0.29, 0.717) is 11.6 Å². The molecule has 50 heavy (non-hydrogen) atoms. The number of phosphoric ester groups is 1. The van der Waals surface area contributed by atoms with Crippen molar-refractivity contribution in [3.63, 3.8) is 0 Å². The van der Waals surface area contributed by atoms with Crippen molar-refractivity contribution in [1.29, 1.82) is 5.26 Å². The normalized spacial score (nSPS) is 18.1. The zero-order valence-corrected chi connectivity index (χ0v) is 33.2. The molecule has 0 amide bonds. The summed E-state index contributed by atoms with van der Waals surface area (Å²) in [5.41, 5.74) is -1.42. The molecule has 0 bridgehead atoms. The molecule has 2 atom stereocenters. The topological polar surface area (TPSA) is 172 Å². The van der Waals surface area contributed by atoms with Gasteiger partial charge in [0, 0.05) is 28.9 Å². The minimum Gasteiger partial charge on any atom is -0.790 e. The molecule has 2 heterocycles. The molecular formula is C31H30F3N4Na2O8PS. The Morgan fingerprint density at radius 3 is 2.54 bits per heavy atom. The van der Waals surface area contributed by atoms with E-state index in [0.717, 1.165) is 12.1 Å². The third-order valence-electron chi connectivity index (χ3n) is 7.05. The summed E-state index contributed by atoms with van der Waals surface area (Å²) in [7, 11) is -5.24. The van der Waals surface area contributed by atoms with E-state index in [-0.39, 0.29) is 108 Å². The van der Waals surface area contributed by atoms with Crippen molar-refractivity contribution in [3.8, 4) is 6.07 Å². The summed E-state index contributed by atoms with van der Waals surface area (Å²) < 4.78 is 77.4. The summed E-state index contributed by atoms with van der Waals surface area (Å²) in [6.07, 6.45) is 7.65. The zero-order valence-electron chi connectivity index (χ0n) is 27.4. The molecule has 1 aliphatic heterocycles. The summed E-state index contributed by atoms with van der Waals surface area (Å²) in [6, 6.07) is 8.87. The van der Waals surface area contributed by atoms with Crippen LogP contribution in [-0.2, 0) is 40.2 Å². The van der Waals surface area contributed by atoms with Gasteiger partial charge < -0.3 is 33.1 Å². The Bertz CT molecular complexity index is 1710. The molecule has 3 aromatic rings. The first kappa shape index (κ1) is 44.4. The van der Waals surface area contributed by atoms with E-state index >= 15 is 4.39 Å². The average molecular weight is 753 g/mol. The molecular weight excluding hydrogens is 722 g/mol. The minimum absolute atomic E-state index is 0. The van der Waals surface area contributed by atoms with Crippen LogP contribution in [-0.4, -0.2) is 57.3 Å². The van der Waals surface area contributed by atoms with E-state index in [4.69, 9.17) is 19.5 Å². The Morgan fingerprint density at radius 2 is 1.92 bits per heavy atom. The Labute approximate surface area is 335 Å². The number of thioether (sulfide) groups is 1. The van der Waals surface area contributed by atoms with Crippen molar-refractivity contribution in [2.75, 3.05) is 19.8 Å². The summed E-state index contributed by atoms with van der Waals surface area (Å²) in [5.74, 6) is -3.23. The molecule has 1 fully saturated rings. The van der Waals surface area contributed by atoms with E-state index in [1.165, 1.54) is 53.4 Å². The molecule has 0 saturated carbocycles. The molecule has 0 radical (unpaired) electrons. The van der Waals surface area contributed by atoms with Gasteiger partial charge in [0.05, 0.1) is 51.1 Å². The maximum Gasteiger partial charge on any atom is 1.00 e. The fourth-order valence-electron chi connectivity index (χ4n) is 4.77. The van der Waals surface area contributed by atoms with Gasteiger partial charge in [0.15, 0.2) is 11.9 Å². The van der Waals surface area contributed by atoms with Crippen LogP contribution in [0.25, 0.3) is 6.08 Å². The van der Waals surface area contributed by atoms with Gasteiger partial charge in [0.1, 0.15) is 30.1 Å². The number of halogens is 3. The number of carbonyl (C=O) groups is 1.